The fourth-order valence-electron chi connectivity index (χ4n) is 9.33. The Balaban J connectivity index is 0.964. The summed E-state index contributed by atoms with van der Waals surface area (Å²) in [4.78, 5) is 0. The van der Waals surface area contributed by atoms with Crippen LogP contribution >= 0.6 is 0 Å². The quantitative estimate of drug-likeness (QED) is 0.0523. The number of benzene rings is 4. The Morgan fingerprint density at radius 2 is 0.464 bits per heavy atom. The summed E-state index contributed by atoms with van der Waals surface area (Å²) in [5.41, 5.74) is 34.4. The van der Waals surface area contributed by atoms with Crippen LogP contribution in [0.15, 0.2) is 48.5 Å². The van der Waals surface area contributed by atoms with Gasteiger partial charge in [0.2, 0.25) is 0 Å². The normalized spacial score (nSPS) is 11.5. The zero-order chi connectivity index (χ0) is 40.5. The van der Waals surface area contributed by atoms with E-state index in [4.69, 9.17) is 11.5 Å². The highest BCUT2D eigenvalue weighted by molar-refractivity contribution is 5.53. The highest BCUT2D eigenvalue weighted by Gasteiger charge is 2.16. The molecule has 0 aliphatic rings. The van der Waals surface area contributed by atoms with E-state index in [9.17, 15) is 0 Å². The first-order valence-electron chi connectivity index (χ1n) is 22.8. The Hall–Kier alpha value is -3.52. The second-order valence-electron chi connectivity index (χ2n) is 17.6. The summed E-state index contributed by atoms with van der Waals surface area (Å²) >= 11 is 0. The lowest BCUT2D eigenvalue weighted by molar-refractivity contribution is 0.523. The summed E-state index contributed by atoms with van der Waals surface area (Å²) in [7, 11) is 0. The molecular formula is C54H80N2. The number of anilines is 2. The highest BCUT2D eigenvalue weighted by Crippen LogP contribution is 2.32. The molecule has 0 saturated heterocycles. The minimum absolute atomic E-state index is 0.839. The van der Waals surface area contributed by atoms with Gasteiger partial charge in [0.1, 0.15) is 0 Å². The lowest BCUT2D eigenvalue weighted by Gasteiger charge is -2.21. The summed E-state index contributed by atoms with van der Waals surface area (Å²) < 4.78 is 0. The second kappa shape index (κ2) is 23.6. The van der Waals surface area contributed by atoms with Crippen molar-refractivity contribution in [1.29, 1.82) is 0 Å². The number of hydrogen-bond donors (Lipinski definition) is 2. The average Bonchev–Trinajstić information content (AvgIpc) is 3.19. The molecule has 0 amide bonds. The van der Waals surface area contributed by atoms with E-state index in [0.717, 1.165) is 24.2 Å². The van der Waals surface area contributed by atoms with E-state index in [1.807, 2.05) is 24.3 Å². The molecular weight excluding hydrogens is 677 g/mol. The van der Waals surface area contributed by atoms with Crippen molar-refractivity contribution in [2.45, 2.75) is 197 Å². The third-order valence-electron chi connectivity index (χ3n) is 13.7. The molecule has 0 fully saturated rings. The van der Waals surface area contributed by atoms with Gasteiger partial charge in [0, 0.05) is 11.4 Å². The van der Waals surface area contributed by atoms with Crippen molar-refractivity contribution in [3.8, 4) is 0 Å². The van der Waals surface area contributed by atoms with E-state index in [0.29, 0.717) is 0 Å². The van der Waals surface area contributed by atoms with Crippen molar-refractivity contribution in [2.75, 3.05) is 11.5 Å². The Kier molecular flexibility index (Phi) is 19.1. The van der Waals surface area contributed by atoms with E-state index >= 15 is 0 Å². The number of unbranched alkanes of at least 4 members (excludes halogenated alkanes) is 17. The molecule has 0 bridgehead atoms. The molecule has 0 radical (unpaired) electrons. The van der Waals surface area contributed by atoms with Crippen LogP contribution in [0.25, 0.3) is 0 Å². The van der Waals surface area contributed by atoms with Gasteiger partial charge >= 0.3 is 0 Å². The lowest BCUT2D eigenvalue weighted by atomic mass is 9.84. The van der Waals surface area contributed by atoms with Gasteiger partial charge in [-0.15, -0.1) is 0 Å². The average molecular weight is 757 g/mol. The van der Waals surface area contributed by atoms with Crippen LogP contribution in [0.1, 0.15) is 193 Å². The fourth-order valence-corrected chi connectivity index (χ4v) is 9.33. The summed E-state index contributed by atoms with van der Waals surface area (Å²) in [6, 6.07) is 16.8. The summed E-state index contributed by atoms with van der Waals surface area (Å²) in [5.74, 6) is 0. The molecule has 0 spiro atoms. The van der Waals surface area contributed by atoms with Crippen LogP contribution < -0.4 is 11.5 Å². The van der Waals surface area contributed by atoms with Gasteiger partial charge in [0.05, 0.1) is 0 Å². The van der Waals surface area contributed by atoms with E-state index < -0.39 is 0 Å². The lowest BCUT2D eigenvalue weighted by Crippen LogP contribution is -2.06. The van der Waals surface area contributed by atoms with E-state index in [-0.39, 0.29) is 0 Å². The maximum Gasteiger partial charge on any atom is 0.0314 e. The molecule has 0 unspecified atom stereocenters. The highest BCUT2D eigenvalue weighted by atomic mass is 14.5. The fraction of sp³-hybridized carbons (Fsp3) is 0.556. The van der Waals surface area contributed by atoms with Crippen molar-refractivity contribution in [3.63, 3.8) is 0 Å². The molecule has 0 aromatic heterocycles. The Morgan fingerprint density at radius 1 is 0.268 bits per heavy atom. The molecule has 4 N–H and O–H groups in total. The van der Waals surface area contributed by atoms with Gasteiger partial charge in [-0.3, -0.25) is 0 Å². The molecule has 4 rings (SSSR count). The smallest absolute Gasteiger partial charge is 0.0314 e. The van der Waals surface area contributed by atoms with Gasteiger partial charge in [-0.1, -0.05) is 127 Å². The zero-order valence-corrected chi connectivity index (χ0v) is 37.3. The van der Waals surface area contributed by atoms with Crippen LogP contribution in [0.4, 0.5) is 11.4 Å². The SMILES string of the molecule is Cc1c(C)c(Cc2ccc(N)cc2)c(C)c(C)c1CCCCCCCCCCCCCCCCCCCCc1c(C)c(C)c(Cc2ccc(N)cc2)c(C)c1C. The van der Waals surface area contributed by atoms with E-state index in [1.54, 1.807) is 11.1 Å². The van der Waals surface area contributed by atoms with Crippen LogP contribution in [-0.2, 0) is 25.7 Å². The molecule has 4 aromatic rings. The molecule has 0 atom stereocenters. The van der Waals surface area contributed by atoms with Gasteiger partial charge in [0.25, 0.3) is 0 Å². The van der Waals surface area contributed by atoms with Crippen LogP contribution in [-0.4, -0.2) is 0 Å². The predicted molar refractivity (Wildman–Crippen MR) is 249 cm³/mol. The first kappa shape index (κ1) is 45.2. The Bertz CT molecular complexity index is 1580. The van der Waals surface area contributed by atoms with Crippen molar-refractivity contribution >= 4 is 11.4 Å². The van der Waals surface area contributed by atoms with E-state index in [2.05, 4.69) is 79.7 Å². The van der Waals surface area contributed by atoms with E-state index in [1.165, 1.54) is 195 Å². The van der Waals surface area contributed by atoms with Crippen LogP contribution in [0.3, 0.4) is 0 Å². The topological polar surface area (TPSA) is 52.0 Å². The first-order valence-corrected chi connectivity index (χ1v) is 22.8. The Morgan fingerprint density at radius 3 is 0.696 bits per heavy atom. The van der Waals surface area contributed by atoms with Crippen molar-refractivity contribution in [3.05, 3.63) is 126 Å². The minimum atomic E-state index is 0.839. The largest absolute Gasteiger partial charge is 0.399 e. The summed E-state index contributed by atoms with van der Waals surface area (Å²) in [6.45, 7) is 18.7. The third-order valence-corrected chi connectivity index (χ3v) is 13.7. The molecule has 4 aromatic carbocycles. The summed E-state index contributed by atoms with van der Waals surface area (Å²) in [6.07, 6.45) is 29.8. The van der Waals surface area contributed by atoms with Gasteiger partial charge < -0.3 is 11.5 Å². The maximum atomic E-state index is 5.92. The molecule has 2 heteroatoms. The zero-order valence-electron chi connectivity index (χ0n) is 37.3. The molecule has 0 aliphatic heterocycles. The molecule has 0 aliphatic carbocycles. The number of nitrogens with two attached hydrogens (primary N) is 2. The molecule has 56 heavy (non-hydrogen) atoms. The maximum absolute atomic E-state index is 5.92. The van der Waals surface area contributed by atoms with Gasteiger partial charge in [0.15, 0.2) is 0 Å². The molecule has 0 saturated carbocycles. The number of hydrogen-bond acceptors (Lipinski definition) is 2. The standard InChI is InChI=1S/C54H80N2/c1-39-43(5)53(37-47-29-33-49(55)34-30-47)44(6)40(2)51(39)27-25-23-21-19-17-15-13-11-9-10-12-14-16-18-20-22-24-26-28-52-41(3)45(7)54(46(8)42(52)4)38-48-31-35-50(56)36-32-48/h29-36H,9-28,37-38,55-56H2,1-8H3. The predicted octanol–water partition coefficient (Wildman–Crippen LogP) is 15.3. The van der Waals surface area contributed by atoms with Crippen molar-refractivity contribution in [1.82, 2.24) is 0 Å². The second-order valence-corrected chi connectivity index (χ2v) is 17.6. The number of rotatable bonds is 25. The molecule has 2 nitrogen and oxygen atoms in total. The van der Waals surface area contributed by atoms with Crippen molar-refractivity contribution in [2.24, 2.45) is 0 Å². The summed E-state index contributed by atoms with van der Waals surface area (Å²) in [5, 5.41) is 0. The van der Waals surface area contributed by atoms with Gasteiger partial charge in [-0.05, 0) is 196 Å². The third kappa shape index (κ3) is 13.6. The first-order chi connectivity index (χ1) is 27.0. The number of nitrogen functional groups attached to an aromatic ring is 2. The molecule has 0 heterocycles. The van der Waals surface area contributed by atoms with Crippen LogP contribution in [0, 0.1) is 55.4 Å². The Labute approximate surface area is 344 Å². The molecule has 306 valence electrons. The monoisotopic (exact) mass is 757 g/mol. The van der Waals surface area contributed by atoms with Crippen LogP contribution in [0.2, 0.25) is 0 Å². The van der Waals surface area contributed by atoms with Gasteiger partial charge in [-0.25, -0.2) is 0 Å². The van der Waals surface area contributed by atoms with Crippen molar-refractivity contribution < 1.29 is 0 Å². The van der Waals surface area contributed by atoms with Crippen LogP contribution in [0.5, 0.6) is 0 Å². The van der Waals surface area contributed by atoms with Gasteiger partial charge in [-0.2, -0.15) is 0 Å². The minimum Gasteiger partial charge on any atom is -0.399 e.